The Bertz CT molecular complexity index is 872. The van der Waals surface area contributed by atoms with Gasteiger partial charge in [-0.3, -0.25) is 14.5 Å². The number of amides is 2. The molecule has 142 valence electrons. The molecule has 0 saturated carbocycles. The highest BCUT2D eigenvalue weighted by atomic mass is 32.1. The lowest BCUT2D eigenvalue weighted by atomic mass is 9.87. The summed E-state index contributed by atoms with van der Waals surface area (Å²) in [5, 5.41) is 5.13. The van der Waals surface area contributed by atoms with E-state index in [0.717, 1.165) is 10.6 Å². The summed E-state index contributed by atoms with van der Waals surface area (Å²) in [4.78, 5) is 28.1. The Morgan fingerprint density at radius 3 is 2.22 bits per heavy atom. The predicted octanol–water partition coefficient (Wildman–Crippen LogP) is 4.89. The molecule has 2 amide bonds. The van der Waals surface area contributed by atoms with Crippen LogP contribution in [0.15, 0.2) is 47.5 Å². The highest BCUT2D eigenvalue weighted by Crippen LogP contribution is 2.33. The SMILES string of the molecule is CC(C)CN1C(=O)C(Nc2ccc(C(C)(C)C)cc2)=C(c2cccs2)C1=O. The molecule has 0 spiro atoms. The molecule has 1 aliphatic heterocycles. The summed E-state index contributed by atoms with van der Waals surface area (Å²) >= 11 is 1.47. The van der Waals surface area contributed by atoms with Gasteiger partial charge in [-0.15, -0.1) is 11.3 Å². The molecule has 27 heavy (non-hydrogen) atoms. The number of nitrogens with one attached hydrogen (secondary N) is 1. The third kappa shape index (κ3) is 3.98. The van der Waals surface area contributed by atoms with Crippen molar-refractivity contribution in [3.63, 3.8) is 0 Å². The molecular formula is C22H26N2O2S. The number of carbonyl (C=O) groups is 2. The zero-order valence-corrected chi connectivity index (χ0v) is 17.3. The first-order chi connectivity index (χ1) is 12.7. The molecule has 3 rings (SSSR count). The first-order valence-corrected chi connectivity index (χ1v) is 10.1. The number of anilines is 1. The van der Waals surface area contributed by atoms with Crippen LogP contribution >= 0.6 is 11.3 Å². The van der Waals surface area contributed by atoms with E-state index >= 15 is 0 Å². The van der Waals surface area contributed by atoms with Gasteiger partial charge in [0, 0.05) is 17.1 Å². The lowest BCUT2D eigenvalue weighted by Gasteiger charge is -2.19. The minimum Gasteiger partial charge on any atom is -0.350 e. The maximum Gasteiger partial charge on any atom is 0.278 e. The van der Waals surface area contributed by atoms with Crippen LogP contribution in [0, 0.1) is 5.92 Å². The summed E-state index contributed by atoms with van der Waals surface area (Å²) in [5.74, 6) is -0.255. The van der Waals surface area contributed by atoms with E-state index in [4.69, 9.17) is 0 Å². The smallest absolute Gasteiger partial charge is 0.278 e. The van der Waals surface area contributed by atoms with Crippen LogP contribution in [0.5, 0.6) is 0 Å². The zero-order chi connectivity index (χ0) is 19.8. The number of carbonyl (C=O) groups excluding carboxylic acids is 2. The van der Waals surface area contributed by atoms with Crippen LogP contribution < -0.4 is 5.32 Å². The van der Waals surface area contributed by atoms with Gasteiger partial charge in [-0.1, -0.05) is 52.8 Å². The zero-order valence-electron chi connectivity index (χ0n) is 16.5. The fraction of sp³-hybridized carbons (Fsp3) is 0.364. The van der Waals surface area contributed by atoms with Crippen molar-refractivity contribution in [3.05, 3.63) is 57.9 Å². The molecule has 5 heteroatoms. The Morgan fingerprint density at radius 1 is 1.04 bits per heavy atom. The molecule has 4 nitrogen and oxygen atoms in total. The average molecular weight is 383 g/mol. The van der Waals surface area contributed by atoms with Gasteiger partial charge in [-0.05, 0) is 40.5 Å². The van der Waals surface area contributed by atoms with E-state index in [1.807, 2.05) is 43.5 Å². The van der Waals surface area contributed by atoms with Gasteiger partial charge in [0.1, 0.15) is 5.70 Å². The Morgan fingerprint density at radius 2 is 1.70 bits per heavy atom. The van der Waals surface area contributed by atoms with E-state index in [1.54, 1.807) is 0 Å². The topological polar surface area (TPSA) is 49.4 Å². The van der Waals surface area contributed by atoms with Gasteiger partial charge in [0.15, 0.2) is 0 Å². The second-order valence-electron chi connectivity index (χ2n) is 8.29. The van der Waals surface area contributed by atoms with Crippen molar-refractivity contribution in [3.8, 4) is 0 Å². The molecule has 1 N–H and O–H groups in total. The minimum absolute atomic E-state index is 0.0626. The summed E-state index contributed by atoms with van der Waals surface area (Å²) in [6.07, 6.45) is 0. The fourth-order valence-corrected chi connectivity index (χ4v) is 3.84. The monoisotopic (exact) mass is 382 g/mol. The maximum atomic E-state index is 13.0. The van der Waals surface area contributed by atoms with E-state index in [-0.39, 0.29) is 23.1 Å². The highest BCUT2D eigenvalue weighted by Gasteiger charge is 2.39. The molecule has 0 saturated heterocycles. The van der Waals surface area contributed by atoms with E-state index in [2.05, 4.69) is 38.2 Å². The number of thiophene rings is 1. The molecule has 0 unspecified atom stereocenters. The van der Waals surface area contributed by atoms with Crippen LogP contribution in [-0.2, 0) is 15.0 Å². The van der Waals surface area contributed by atoms with Crippen molar-refractivity contribution in [2.45, 2.75) is 40.0 Å². The normalized spacial score (nSPS) is 15.3. The Kier molecular flexibility index (Phi) is 5.24. The number of imide groups is 1. The van der Waals surface area contributed by atoms with Gasteiger partial charge in [0.05, 0.1) is 5.57 Å². The molecule has 1 aliphatic rings. The summed E-state index contributed by atoms with van der Waals surface area (Å²) in [5.41, 5.74) is 2.92. The largest absolute Gasteiger partial charge is 0.350 e. The average Bonchev–Trinajstić information content (AvgIpc) is 3.18. The van der Waals surface area contributed by atoms with Gasteiger partial charge in [0.25, 0.3) is 11.8 Å². The number of benzene rings is 1. The predicted molar refractivity (Wildman–Crippen MR) is 112 cm³/mol. The standard InChI is InChI=1S/C22H26N2O2S/c1-14(2)13-24-20(25)18(17-7-6-12-27-17)19(21(24)26)23-16-10-8-15(9-11-16)22(3,4)5/h6-12,14,23H,13H2,1-5H3. The number of rotatable bonds is 5. The van der Waals surface area contributed by atoms with Gasteiger partial charge >= 0.3 is 0 Å². The Labute approximate surface area is 164 Å². The second kappa shape index (κ2) is 7.31. The molecule has 0 fully saturated rings. The number of hydrogen-bond acceptors (Lipinski definition) is 4. The molecule has 0 aliphatic carbocycles. The summed E-state index contributed by atoms with van der Waals surface area (Å²) < 4.78 is 0. The number of hydrogen-bond donors (Lipinski definition) is 1. The van der Waals surface area contributed by atoms with Crippen molar-refractivity contribution in [2.24, 2.45) is 5.92 Å². The third-order valence-electron chi connectivity index (χ3n) is 4.50. The Hall–Kier alpha value is -2.40. The summed E-state index contributed by atoms with van der Waals surface area (Å²) in [6, 6.07) is 11.8. The van der Waals surface area contributed by atoms with Crippen molar-refractivity contribution in [1.82, 2.24) is 4.90 Å². The molecule has 0 bridgehead atoms. The Balaban J connectivity index is 1.96. The second-order valence-corrected chi connectivity index (χ2v) is 9.24. The molecule has 1 aromatic carbocycles. The van der Waals surface area contributed by atoms with Crippen LogP contribution in [0.2, 0.25) is 0 Å². The van der Waals surface area contributed by atoms with Gasteiger partial charge in [0.2, 0.25) is 0 Å². The third-order valence-corrected chi connectivity index (χ3v) is 5.39. The first-order valence-electron chi connectivity index (χ1n) is 9.20. The fourth-order valence-electron chi connectivity index (χ4n) is 3.07. The van der Waals surface area contributed by atoms with Crippen molar-refractivity contribution < 1.29 is 9.59 Å². The lowest BCUT2D eigenvalue weighted by molar-refractivity contribution is -0.137. The maximum absolute atomic E-state index is 13.0. The molecule has 2 aromatic rings. The van der Waals surface area contributed by atoms with Crippen LogP contribution in [0.25, 0.3) is 5.57 Å². The molecule has 2 heterocycles. The van der Waals surface area contributed by atoms with Crippen molar-refractivity contribution >= 4 is 34.4 Å². The minimum atomic E-state index is -0.253. The van der Waals surface area contributed by atoms with Crippen molar-refractivity contribution in [1.29, 1.82) is 0 Å². The first kappa shape index (κ1) is 19.4. The van der Waals surface area contributed by atoms with E-state index < -0.39 is 0 Å². The van der Waals surface area contributed by atoms with E-state index in [1.165, 1.54) is 21.8 Å². The van der Waals surface area contributed by atoms with Crippen LogP contribution in [0.3, 0.4) is 0 Å². The van der Waals surface area contributed by atoms with Gasteiger partial charge < -0.3 is 5.32 Å². The van der Waals surface area contributed by atoms with Crippen molar-refractivity contribution in [2.75, 3.05) is 11.9 Å². The van der Waals surface area contributed by atoms with Crippen LogP contribution in [0.4, 0.5) is 5.69 Å². The number of nitrogens with zero attached hydrogens (tertiary/aromatic N) is 1. The molecule has 1 aromatic heterocycles. The highest BCUT2D eigenvalue weighted by molar-refractivity contribution is 7.11. The van der Waals surface area contributed by atoms with Gasteiger partial charge in [-0.2, -0.15) is 0 Å². The van der Waals surface area contributed by atoms with Gasteiger partial charge in [-0.25, -0.2) is 0 Å². The molecule has 0 radical (unpaired) electrons. The van der Waals surface area contributed by atoms with E-state index in [9.17, 15) is 9.59 Å². The van der Waals surface area contributed by atoms with E-state index in [0.29, 0.717) is 17.8 Å². The van der Waals surface area contributed by atoms with Crippen LogP contribution in [0.1, 0.15) is 45.1 Å². The lowest BCUT2D eigenvalue weighted by Crippen LogP contribution is -2.35. The molecular weight excluding hydrogens is 356 g/mol. The summed E-state index contributed by atoms with van der Waals surface area (Å²) in [6.45, 7) is 10.9. The molecule has 0 atom stereocenters. The quantitative estimate of drug-likeness (QED) is 0.749. The van der Waals surface area contributed by atoms with Crippen LogP contribution in [-0.4, -0.2) is 23.3 Å². The summed E-state index contributed by atoms with van der Waals surface area (Å²) in [7, 11) is 0.